The highest BCUT2D eigenvalue weighted by atomic mass is 32.2. The van der Waals surface area contributed by atoms with Crippen LogP contribution in [-0.2, 0) is 17.1 Å². The second-order valence-corrected chi connectivity index (χ2v) is 8.66. The van der Waals surface area contributed by atoms with Crippen molar-refractivity contribution in [3.63, 3.8) is 0 Å². The molecule has 1 aliphatic heterocycles. The van der Waals surface area contributed by atoms with E-state index in [0.29, 0.717) is 31.1 Å². The third kappa shape index (κ3) is 3.65. The summed E-state index contributed by atoms with van der Waals surface area (Å²) in [6.07, 6.45) is 9.09. The monoisotopic (exact) mass is 402 g/mol. The van der Waals surface area contributed by atoms with Gasteiger partial charge in [0.1, 0.15) is 11.6 Å². The number of fused-ring (bicyclic) bond motifs is 1. The molecule has 0 radical (unpaired) electrons. The summed E-state index contributed by atoms with van der Waals surface area (Å²) in [6, 6.07) is 1.85. The van der Waals surface area contributed by atoms with Gasteiger partial charge in [0.2, 0.25) is 15.9 Å². The van der Waals surface area contributed by atoms with Crippen molar-refractivity contribution < 1.29 is 13.2 Å². The Labute approximate surface area is 163 Å². The molecule has 1 atom stereocenters. The first kappa shape index (κ1) is 18.6. The lowest BCUT2D eigenvalue weighted by atomic mass is 10.1. The third-order valence-electron chi connectivity index (χ3n) is 4.84. The molecule has 0 spiro atoms. The van der Waals surface area contributed by atoms with Crippen molar-refractivity contribution >= 4 is 15.5 Å². The van der Waals surface area contributed by atoms with Crippen molar-refractivity contribution in [2.45, 2.75) is 25.4 Å². The van der Waals surface area contributed by atoms with E-state index in [2.05, 4.69) is 21.8 Å². The number of ether oxygens (including phenoxy) is 1. The lowest BCUT2D eigenvalue weighted by molar-refractivity contribution is 0.180. The van der Waals surface area contributed by atoms with Crippen LogP contribution >= 0.6 is 0 Å². The molecular weight excluding hydrogens is 380 g/mol. The van der Waals surface area contributed by atoms with Gasteiger partial charge in [-0.05, 0) is 25.3 Å². The lowest BCUT2D eigenvalue weighted by Crippen LogP contribution is -2.30. The fraction of sp³-hybridized carbons (Fsp3) is 0.389. The van der Waals surface area contributed by atoms with Crippen molar-refractivity contribution in [3.8, 4) is 17.1 Å². The van der Waals surface area contributed by atoms with Gasteiger partial charge >= 0.3 is 0 Å². The molecule has 10 heteroatoms. The Morgan fingerprint density at radius 2 is 2.11 bits per heavy atom. The van der Waals surface area contributed by atoms with E-state index in [-0.39, 0.29) is 6.10 Å². The predicted octanol–water partition coefficient (Wildman–Crippen LogP) is 1.84. The standard InChI is InChI=1S/C18H22N6O3S/c1-3-28(25,26)23-9-4-5-15(7-10-23)27-18-17-6-8-19-24(17)13-16(21-18)14-11-20-22(2)12-14/h3,6,8,11-13,15H,1,4-5,7,9-10H2,2H3/t15-/m1/s1. The average Bonchev–Trinajstić information content (AvgIpc) is 3.26. The van der Waals surface area contributed by atoms with Crippen LogP contribution in [0.3, 0.4) is 0 Å². The van der Waals surface area contributed by atoms with Gasteiger partial charge < -0.3 is 4.74 Å². The highest BCUT2D eigenvalue weighted by Crippen LogP contribution is 2.26. The summed E-state index contributed by atoms with van der Waals surface area (Å²) in [5.41, 5.74) is 2.35. The van der Waals surface area contributed by atoms with Gasteiger partial charge in [-0.3, -0.25) is 4.68 Å². The van der Waals surface area contributed by atoms with Crippen LogP contribution in [0.4, 0.5) is 0 Å². The molecule has 0 saturated carbocycles. The third-order valence-corrected chi connectivity index (χ3v) is 6.35. The van der Waals surface area contributed by atoms with Gasteiger partial charge in [-0.15, -0.1) is 0 Å². The Hall–Kier alpha value is -2.72. The van der Waals surface area contributed by atoms with Crippen molar-refractivity contribution in [1.82, 2.24) is 28.7 Å². The maximum atomic E-state index is 12.1. The van der Waals surface area contributed by atoms with Crippen LogP contribution in [0.5, 0.6) is 5.88 Å². The van der Waals surface area contributed by atoms with Gasteiger partial charge in [-0.1, -0.05) is 6.58 Å². The number of nitrogens with zero attached hydrogens (tertiary/aromatic N) is 6. The van der Waals surface area contributed by atoms with E-state index in [0.717, 1.165) is 29.3 Å². The first-order chi connectivity index (χ1) is 13.5. The zero-order valence-corrected chi connectivity index (χ0v) is 16.4. The summed E-state index contributed by atoms with van der Waals surface area (Å²) in [6.45, 7) is 4.28. The maximum absolute atomic E-state index is 12.1. The van der Waals surface area contributed by atoms with E-state index in [1.807, 2.05) is 25.5 Å². The molecule has 3 aromatic heterocycles. The molecule has 9 nitrogen and oxygen atoms in total. The molecule has 1 aliphatic rings. The molecular formula is C18H22N6O3S. The summed E-state index contributed by atoms with van der Waals surface area (Å²) in [5.74, 6) is 0.490. The van der Waals surface area contributed by atoms with E-state index >= 15 is 0 Å². The number of sulfonamides is 1. The van der Waals surface area contributed by atoms with E-state index in [9.17, 15) is 8.42 Å². The summed E-state index contributed by atoms with van der Waals surface area (Å²) >= 11 is 0. The lowest BCUT2D eigenvalue weighted by Gasteiger charge is -2.19. The highest BCUT2D eigenvalue weighted by Gasteiger charge is 2.25. The molecule has 3 aromatic rings. The molecule has 4 rings (SSSR count). The fourth-order valence-corrected chi connectivity index (χ4v) is 4.31. The Morgan fingerprint density at radius 3 is 2.86 bits per heavy atom. The van der Waals surface area contributed by atoms with Gasteiger partial charge in [-0.2, -0.15) is 14.5 Å². The first-order valence-electron chi connectivity index (χ1n) is 9.09. The number of aryl methyl sites for hydroxylation is 1. The van der Waals surface area contributed by atoms with Crippen molar-refractivity contribution in [2.24, 2.45) is 7.05 Å². The summed E-state index contributed by atoms with van der Waals surface area (Å²) in [7, 11) is -1.56. The van der Waals surface area contributed by atoms with Crippen molar-refractivity contribution in [3.05, 3.63) is 42.8 Å². The zero-order valence-electron chi connectivity index (χ0n) is 15.6. The minimum Gasteiger partial charge on any atom is -0.473 e. The van der Waals surface area contributed by atoms with Gasteiger partial charge in [0.15, 0.2) is 0 Å². The summed E-state index contributed by atoms with van der Waals surface area (Å²) < 4.78 is 35.2. The van der Waals surface area contributed by atoms with Crippen molar-refractivity contribution in [2.75, 3.05) is 13.1 Å². The van der Waals surface area contributed by atoms with Crippen LogP contribution < -0.4 is 4.74 Å². The predicted molar refractivity (Wildman–Crippen MR) is 104 cm³/mol. The van der Waals surface area contributed by atoms with Crippen LogP contribution in [0.25, 0.3) is 16.8 Å². The Kier molecular flexibility index (Phi) is 4.90. The summed E-state index contributed by atoms with van der Waals surface area (Å²) in [5, 5.41) is 9.51. The average molecular weight is 402 g/mol. The minimum atomic E-state index is -3.40. The van der Waals surface area contributed by atoms with E-state index in [4.69, 9.17) is 4.74 Å². The largest absolute Gasteiger partial charge is 0.473 e. The molecule has 0 N–H and O–H groups in total. The molecule has 4 heterocycles. The normalized spacial score (nSPS) is 18.8. The van der Waals surface area contributed by atoms with Crippen LogP contribution in [0, 0.1) is 0 Å². The van der Waals surface area contributed by atoms with E-state index < -0.39 is 10.0 Å². The number of rotatable bonds is 5. The quantitative estimate of drug-likeness (QED) is 0.646. The van der Waals surface area contributed by atoms with Gasteiger partial charge in [-0.25, -0.2) is 17.9 Å². The second kappa shape index (κ2) is 7.36. The molecule has 0 bridgehead atoms. The van der Waals surface area contributed by atoms with Crippen LogP contribution in [0.15, 0.2) is 42.8 Å². The van der Waals surface area contributed by atoms with Crippen molar-refractivity contribution in [1.29, 1.82) is 0 Å². The Balaban J connectivity index is 1.59. The highest BCUT2D eigenvalue weighted by molar-refractivity contribution is 7.92. The first-order valence-corrected chi connectivity index (χ1v) is 10.6. The van der Waals surface area contributed by atoms with Crippen LogP contribution in [0.1, 0.15) is 19.3 Å². The maximum Gasteiger partial charge on any atom is 0.240 e. The van der Waals surface area contributed by atoms with Gasteiger partial charge in [0.25, 0.3) is 0 Å². The van der Waals surface area contributed by atoms with Gasteiger partial charge in [0, 0.05) is 37.3 Å². The number of hydrogen-bond donors (Lipinski definition) is 0. The Bertz CT molecular complexity index is 1100. The fourth-order valence-electron chi connectivity index (χ4n) is 3.35. The molecule has 0 unspecified atom stereocenters. The number of aromatic nitrogens is 5. The van der Waals surface area contributed by atoms with Gasteiger partial charge in [0.05, 0.1) is 24.3 Å². The topological polar surface area (TPSA) is 94.6 Å². The molecule has 148 valence electrons. The molecule has 1 saturated heterocycles. The molecule has 0 aromatic carbocycles. The zero-order chi connectivity index (χ0) is 19.7. The van der Waals surface area contributed by atoms with Crippen LogP contribution in [-0.4, -0.2) is 56.3 Å². The number of hydrogen-bond acceptors (Lipinski definition) is 6. The summed E-state index contributed by atoms with van der Waals surface area (Å²) in [4.78, 5) is 4.68. The van der Waals surface area contributed by atoms with E-state index in [1.165, 1.54) is 4.31 Å². The smallest absolute Gasteiger partial charge is 0.240 e. The van der Waals surface area contributed by atoms with Crippen LogP contribution in [0.2, 0.25) is 0 Å². The molecule has 0 amide bonds. The second-order valence-electron chi connectivity index (χ2n) is 6.78. The minimum absolute atomic E-state index is 0.125. The Morgan fingerprint density at radius 1 is 1.25 bits per heavy atom. The molecule has 1 fully saturated rings. The molecule has 0 aliphatic carbocycles. The SMILES string of the molecule is C=CS(=O)(=O)N1CCC[C@@H](Oc2nc(-c3cnn(C)c3)cn3nccc23)CC1. The molecule has 28 heavy (non-hydrogen) atoms. The van der Waals surface area contributed by atoms with E-state index in [1.54, 1.807) is 21.6 Å².